The molecule has 1 amide bonds. The molecule has 7 heteroatoms. The van der Waals surface area contributed by atoms with Crippen LogP contribution < -0.4 is 5.32 Å². The first-order chi connectivity index (χ1) is 15.2. The van der Waals surface area contributed by atoms with Gasteiger partial charge in [-0.15, -0.1) is 10.2 Å². The maximum absolute atomic E-state index is 12.4. The Morgan fingerprint density at radius 1 is 1.10 bits per heavy atom. The van der Waals surface area contributed by atoms with Gasteiger partial charge in [0, 0.05) is 41.8 Å². The van der Waals surface area contributed by atoms with E-state index < -0.39 is 0 Å². The molecule has 0 spiro atoms. The second-order valence-electron chi connectivity index (χ2n) is 8.24. The Labute approximate surface area is 186 Å². The molecule has 2 heterocycles. The van der Waals surface area contributed by atoms with Crippen LogP contribution in [0.25, 0.3) is 22.6 Å². The van der Waals surface area contributed by atoms with Gasteiger partial charge in [-0.2, -0.15) is 11.8 Å². The van der Waals surface area contributed by atoms with E-state index in [9.17, 15) is 4.79 Å². The summed E-state index contributed by atoms with van der Waals surface area (Å²) in [4.78, 5) is 14.8. The number of aryl methyl sites for hydroxylation is 1. The van der Waals surface area contributed by atoms with Crippen LogP contribution >= 0.6 is 11.8 Å². The van der Waals surface area contributed by atoms with E-state index in [2.05, 4.69) is 27.3 Å². The van der Waals surface area contributed by atoms with Gasteiger partial charge in [-0.3, -0.25) is 9.69 Å². The summed E-state index contributed by atoms with van der Waals surface area (Å²) in [5, 5.41) is 11.5. The quantitative estimate of drug-likeness (QED) is 0.628. The predicted octanol–water partition coefficient (Wildman–Crippen LogP) is 4.15. The summed E-state index contributed by atoms with van der Waals surface area (Å²) < 4.78 is 5.91. The van der Waals surface area contributed by atoms with Crippen molar-refractivity contribution in [3.8, 4) is 22.6 Å². The van der Waals surface area contributed by atoms with Crippen molar-refractivity contribution in [3.05, 3.63) is 59.5 Å². The van der Waals surface area contributed by atoms with Gasteiger partial charge in [0.2, 0.25) is 11.8 Å². The first kappa shape index (κ1) is 20.3. The summed E-state index contributed by atoms with van der Waals surface area (Å²) in [6.07, 6.45) is 2.17. The Bertz CT molecular complexity index is 1070. The second kappa shape index (κ2) is 8.85. The summed E-state index contributed by atoms with van der Waals surface area (Å²) in [5.41, 5.74) is 4.86. The number of hydrogen-bond acceptors (Lipinski definition) is 6. The Morgan fingerprint density at radius 2 is 1.84 bits per heavy atom. The summed E-state index contributed by atoms with van der Waals surface area (Å²) in [5.74, 6) is 3.53. The molecule has 5 rings (SSSR count). The Kier molecular flexibility index (Phi) is 5.78. The maximum atomic E-state index is 12.4. The molecule has 31 heavy (non-hydrogen) atoms. The van der Waals surface area contributed by atoms with Crippen molar-refractivity contribution in [1.82, 2.24) is 20.4 Å². The van der Waals surface area contributed by atoms with Gasteiger partial charge in [0.15, 0.2) is 0 Å². The van der Waals surface area contributed by atoms with Crippen LogP contribution in [0.4, 0.5) is 0 Å². The molecule has 1 saturated heterocycles. The summed E-state index contributed by atoms with van der Waals surface area (Å²) in [6, 6.07) is 14.3. The molecule has 1 N–H and O–H groups in total. The molecule has 0 atom stereocenters. The molecule has 2 fully saturated rings. The molecule has 160 valence electrons. The van der Waals surface area contributed by atoms with E-state index in [-0.39, 0.29) is 5.91 Å². The van der Waals surface area contributed by atoms with E-state index in [0.717, 1.165) is 59.7 Å². The minimum absolute atomic E-state index is 0.00561. The van der Waals surface area contributed by atoms with Gasteiger partial charge in [0.05, 0.1) is 6.54 Å². The average molecular weight is 435 g/mol. The van der Waals surface area contributed by atoms with E-state index >= 15 is 0 Å². The van der Waals surface area contributed by atoms with Crippen LogP contribution in [0.5, 0.6) is 0 Å². The molecular weight excluding hydrogens is 408 g/mol. The fourth-order valence-corrected chi connectivity index (χ4v) is 4.73. The second-order valence-corrected chi connectivity index (χ2v) is 9.47. The van der Waals surface area contributed by atoms with E-state index in [1.807, 2.05) is 54.2 Å². The molecule has 6 nitrogen and oxygen atoms in total. The lowest BCUT2D eigenvalue weighted by molar-refractivity contribution is 0.0951. The number of hydrogen-bond donors (Lipinski definition) is 1. The summed E-state index contributed by atoms with van der Waals surface area (Å²) in [7, 11) is 0. The van der Waals surface area contributed by atoms with Crippen molar-refractivity contribution >= 4 is 17.7 Å². The molecule has 2 aromatic carbocycles. The van der Waals surface area contributed by atoms with Crippen molar-refractivity contribution < 1.29 is 9.21 Å². The van der Waals surface area contributed by atoms with Gasteiger partial charge < -0.3 is 9.73 Å². The monoisotopic (exact) mass is 434 g/mol. The minimum atomic E-state index is 0.00561. The fraction of sp³-hybridized carbons (Fsp3) is 0.375. The third-order valence-electron chi connectivity index (χ3n) is 5.78. The fourth-order valence-electron chi connectivity index (χ4n) is 3.75. The van der Waals surface area contributed by atoms with Crippen LogP contribution in [0.2, 0.25) is 0 Å². The van der Waals surface area contributed by atoms with Crippen molar-refractivity contribution in [2.75, 3.05) is 24.6 Å². The standard InChI is InChI=1S/C24H26N4O2S/c1-16-2-3-19(23(29)25-20-8-9-20)14-21(16)17-4-6-18(7-5-17)24-27-26-22(30-24)15-28-10-12-31-13-11-28/h2-7,14,20H,8-13,15H2,1H3,(H,25,29). The maximum Gasteiger partial charge on any atom is 0.251 e. The van der Waals surface area contributed by atoms with Crippen LogP contribution in [-0.4, -0.2) is 51.6 Å². The van der Waals surface area contributed by atoms with Gasteiger partial charge in [-0.25, -0.2) is 0 Å². The van der Waals surface area contributed by atoms with Crippen LogP contribution in [0, 0.1) is 6.92 Å². The van der Waals surface area contributed by atoms with Crippen molar-refractivity contribution in [2.45, 2.75) is 32.4 Å². The van der Waals surface area contributed by atoms with Crippen LogP contribution in [-0.2, 0) is 6.54 Å². The highest BCUT2D eigenvalue weighted by molar-refractivity contribution is 7.99. The largest absolute Gasteiger partial charge is 0.419 e. The number of nitrogens with zero attached hydrogens (tertiary/aromatic N) is 3. The van der Waals surface area contributed by atoms with Gasteiger partial charge in [0.1, 0.15) is 0 Å². The molecule has 2 aliphatic rings. The third-order valence-corrected chi connectivity index (χ3v) is 6.73. The molecule has 3 aromatic rings. The Hall–Kier alpha value is -2.64. The lowest BCUT2D eigenvalue weighted by Gasteiger charge is -2.24. The topological polar surface area (TPSA) is 71.3 Å². The van der Waals surface area contributed by atoms with Gasteiger partial charge in [0.25, 0.3) is 5.91 Å². The average Bonchev–Trinajstić information content (AvgIpc) is 3.49. The molecule has 0 unspecified atom stereocenters. The molecule has 1 aliphatic carbocycles. The lowest BCUT2D eigenvalue weighted by atomic mass is 9.97. The molecule has 1 aromatic heterocycles. The Balaban J connectivity index is 1.31. The zero-order chi connectivity index (χ0) is 21.2. The van der Waals surface area contributed by atoms with Crippen LogP contribution in [0.1, 0.15) is 34.7 Å². The number of benzene rings is 2. The molecular formula is C24H26N4O2S. The number of rotatable bonds is 6. The number of carbonyl (C=O) groups is 1. The molecule has 0 radical (unpaired) electrons. The number of carbonyl (C=O) groups excluding carboxylic acids is 1. The zero-order valence-electron chi connectivity index (χ0n) is 17.6. The summed E-state index contributed by atoms with van der Waals surface area (Å²) >= 11 is 1.99. The lowest BCUT2D eigenvalue weighted by Crippen LogP contribution is -2.32. The third kappa shape index (κ3) is 4.83. The number of aromatic nitrogens is 2. The normalized spacial score (nSPS) is 16.9. The van der Waals surface area contributed by atoms with E-state index in [1.165, 1.54) is 0 Å². The zero-order valence-corrected chi connectivity index (χ0v) is 18.5. The smallest absolute Gasteiger partial charge is 0.251 e. The summed E-state index contributed by atoms with van der Waals surface area (Å²) in [6.45, 7) is 4.90. The van der Waals surface area contributed by atoms with Gasteiger partial charge >= 0.3 is 0 Å². The van der Waals surface area contributed by atoms with Gasteiger partial charge in [-0.05, 0) is 60.7 Å². The molecule has 1 saturated carbocycles. The number of amides is 1. The van der Waals surface area contributed by atoms with Crippen molar-refractivity contribution in [1.29, 1.82) is 0 Å². The van der Waals surface area contributed by atoms with Crippen LogP contribution in [0.15, 0.2) is 46.9 Å². The Morgan fingerprint density at radius 3 is 2.58 bits per heavy atom. The predicted molar refractivity (Wildman–Crippen MR) is 123 cm³/mol. The highest BCUT2D eigenvalue weighted by Gasteiger charge is 2.24. The van der Waals surface area contributed by atoms with Crippen LogP contribution in [0.3, 0.4) is 0 Å². The van der Waals surface area contributed by atoms with E-state index in [0.29, 0.717) is 29.9 Å². The van der Waals surface area contributed by atoms with E-state index in [4.69, 9.17) is 4.42 Å². The number of nitrogens with one attached hydrogen (secondary N) is 1. The first-order valence-electron chi connectivity index (χ1n) is 10.8. The van der Waals surface area contributed by atoms with Crippen molar-refractivity contribution in [2.24, 2.45) is 0 Å². The van der Waals surface area contributed by atoms with E-state index in [1.54, 1.807) is 0 Å². The first-order valence-corrected chi connectivity index (χ1v) is 12.0. The highest BCUT2D eigenvalue weighted by Crippen LogP contribution is 2.28. The molecule has 1 aliphatic heterocycles. The van der Waals surface area contributed by atoms with Crippen molar-refractivity contribution in [3.63, 3.8) is 0 Å². The molecule has 0 bridgehead atoms. The highest BCUT2D eigenvalue weighted by atomic mass is 32.2. The minimum Gasteiger partial charge on any atom is -0.419 e. The SMILES string of the molecule is Cc1ccc(C(=O)NC2CC2)cc1-c1ccc(-c2nnc(CN3CCSCC3)o2)cc1. The van der Waals surface area contributed by atoms with Gasteiger partial charge in [-0.1, -0.05) is 18.2 Å². The number of thioether (sulfide) groups is 1.